The van der Waals surface area contributed by atoms with Gasteiger partial charge in [0, 0.05) is 12.0 Å². The van der Waals surface area contributed by atoms with Crippen molar-refractivity contribution in [1.82, 2.24) is 10.6 Å². The molecule has 2 N–H and O–H groups in total. The van der Waals surface area contributed by atoms with Gasteiger partial charge in [-0.3, -0.25) is 0 Å². The predicted molar refractivity (Wildman–Crippen MR) is 43.9 cm³/mol. The maximum Gasteiger partial charge on any atom is 0.407 e. The number of carbonyl (C=O) groups is 1. The number of amides is 1. The molecule has 0 saturated carbocycles. The van der Waals surface area contributed by atoms with Crippen molar-refractivity contribution in [3.05, 3.63) is 0 Å². The van der Waals surface area contributed by atoms with E-state index in [1.165, 1.54) is 0 Å². The van der Waals surface area contributed by atoms with Crippen molar-refractivity contribution in [2.45, 2.75) is 12.8 Å². The van der Waals surface area contributed by atoms with Gasteiger partial charge in [0.25, 0.3) is 0 Å². The van der Waals surface area contributed by atoms with Gasteiger partial charge in [-0.2, -0.15) is 0 Å². The van der Waals surface area contributed by atoms with Gasteiger partial charge < -0.3 is 15.4 Å². The first-order valence-electron chi connectivity index (χ1n) is 4.42. The molecule has 0 atom stereocenters. The van der Waals surface area contributed by atoms with E-state index < -0.39 is 0 Å². The first-order valence-corrected chi connectivity index (χ1v) is 4.42. The molecule has 2 heterocycles. The molecule has 0 aromatic rings. The Morgan fingerprint density at radius 3 is 2.67 bits per heavy atom. The molecule has 0 bridgehead atoms. The van der Waals surface area contributed by atoms with Gasteiger partial charge in [-0.05, 0) is 25.9 Å². The normalized spacial score (nSPS) is 27.8. The Labute approximate surface area is 71.7 Å². The number of piperidine rings is 1. The van der Waals surface area contributed by atoms with E-state index in [9.17, 15) is 4.79 Å². The quantitative estimate of drug-likeness (QED) is 0.542. The topological polar surface area (TPSA) is 50.4 Å². The summed E-state index contributed by atoms with van der Waals surface area (Å²) in [5, 5.41) is 6.05. The number of hydrogen-bond donors (Lipinski definition) is 2. The van der Waals surface area contributed by atoms with E-state index in [0.29, 0.717) is 6.61 Å². The highest BCUT2D eigenvalue weighted by Crippen LogP contribution is 2.30. The van der Waals surface area contributed by atoms with Crippen LogP contribution in [0, 0.1) is 5.41 Å². The summed E-state index contributed by atoms with van der Waals surface area (Å²) in [7, 11) is 0. The molecule has 4 nitrogen and oxygen atoms in total. The maximum atomic E-state index is 10.7. The third-order valence-electron chi connectivity index (χ3n) is 2.78. The van der Waals surface area contributed by atoms with E-state index in [-0.39, 0.29) is 11.5 Å². The van der Waals surface area contributed by atoms with Gasteiger partial charge in [-0.15, -0.1) is 0 Å². The zero-order chi connectivity index (χ0) is 8.44. The largest absolute Gasteiger partial charge is 0.449 e. The smallest absolute Gasteiger partial charge is 0.407 e. The predicted octanol–water partition coefficient (Wildman–Crippen LogP) is 0.0960. The number of hydrogen-bond acceptors (Lipinski definition) is 3. The number of cyclic esters (lactones) is 1. The van der Waals surface area contributed by atoms with Gasteiger partial charge in [-0.25, -0.2) is 4.79 Å². The van der Waals surface area contributed by atoms with Gasteiger partial charge in [-0.1, -0.05) is 0 Å². The molecule has 4 heteroatoms. The van der Waals surface area contributed by atoms with E-state index >= 15 is 0 Å². The number of rotatable bonds is 0. The monoisotopic (exact) mass is 170 g/mol. The number of alkyl carbamates (subject to hydrolysis) is 1. The summed E-state index contributed by atoms with van der Waals surface area (Å²) in [4.78, 5) is 10.7. The molecule has 0 aromatic heterocycles. The molecule has 2 rings (SSSR count). The standard InChI is InChI=1S/C8H14N2O2/c11-7-10-5-8(6-12-7)1-3-9-4-2-8/h9H,1-6H2,(H,10,11). The first-order chi connectivity index (χ1) is 5.81. The second-order valence-corrected chi connectivity index (χ2v) is 3.68. The fraction of sp³-hybridized carbons (Fsp3) is 0.875. The van der Waals surface area contributed by atoms with Crippen molar-refractivity contribution >= 4 is 6.09 Å². The Morgan fingerprint density at radius 1 is 1.33 bits per heavy atom. The first kappa shape index (κ1) is 7.86. The molecular weight excluding hydrogens is 156 g/mol. The highest BCUT2D eigenvalue weighted by molar-refractivity contribution is 5.68. The Balaban J connectivity index is 1.96. The van der Waals surface area contributed by atoms with Crippen molar-refractivity contribution in [1.29, 1.82) is 0 Å². The van der Waals surface area contributed by atoms with E-state index in [0.717, 1.165) is 32.5 Å². The van der Waals surface area contributed by atoms with Crippen LogP contribution in [0.15, 0.2) is 0 Å². The average molecular weight is 170 g/mol. The number of nitrogens with one attached hydrogen (secondary N) is 2. The van der Waals surface area contributed by atoms with Crippen LogP contribution in [-0.2, 0) is 4.74 Å². The molecule has 1 spiro atoms. The molecule has 68 valence electrons. The summed E-state index contributed by atoms with van der Waals surface area (Å²) in [5.41, 5.74) is 0.221. The molecular formula is C8H14N2O2. The molecule has 2 saturated heterocycles. The van der Waals surface area contributed by atoms with E-state index in [4.69, 9.17) is 4.74 Å². The van der Waals surface area contributed by atoms with Crippen LogP contribution in [0.3, 0.4) is 0 Å². The molecule has 0 aliphatic carbocycles. The van der Waals surface area contributed by atoms with Crippen LogP contribution in [0.25, 0.3) is 0 Å². The van der Waals surface area contributed by atoms with Crippen molar-refractivity contribution < 1.29 is 9.53 Å². The summed E-state index contributed by atoms with van der Waals surface area (Å²) in [6, 6.07) is 0. The second-order valence-electron chi connectivity index (χ2n) is 3.68. The van der Waals surface area contributed by atoms with E-state index in [2.05, 4.69) is 10.6 Å². The molecule has 12 heavy (non-hydrogen) atoms. The van der Waals surface area contributed by atoms with Crippen LogP contribution in [-0.4, -0.2) is 32.3 Å². The van der Waals surface area contributed by atoms with Gasteiger partial charge in [0.2, 0.25) is 0 Å². The third kappa shape index (κ3) is 1.39. The van der Waals surface area contributed by atoms with Crippen molar-refractivity contribution in [2.24, 2.45) is 5.41 Å². The molecule has 1 amide bonds. The molecule has 0 unspecified atom stereocenters. The summed E-state index contributed by atoms with van der Waals surface area (Å²) < 4.78 is 4.99. The van der Waals surface area contributed by atoms with Crippen molar-refractivity contribution in [3.63, 3.8) is 0 Å². The Hall–Kier alpha value is -0.770. The van der Waals surface area contributed by atoms with Crippen LogP contribution >= 0.6 is 0 Å². The van der Waals surface area contributed by atoms with Crippen LogP contribution < -0.4 is 10.6 Å². The van der Waals surface area contributed by atoms with Crippen molar-refractivity contribution in [3.8, 4) is 0 Å². The van der Waals surface area contributed by atoms with Gasteiger partial charge in [0.05, 0.1) is 0 Å². The fourth-order valence-electron chi connectivity index (χ4n) is 1.86. The van der Waals surface area contributed by atoms with Crippen LogP contribution in [0.5, 0.6) is 0 Å². The van der Waals surface area contributed by atoms with Crippen LogP contribution in [0.1, 0.15) is 12.8 Å². The summed E-state index contributed by atoms with van der Waals surface area (Å²) in [6.07, 6.45) is 1.94. The molecule has 2 fully saturated rings. The lowest BCUT2D eigenvalue weighted by Gasteiger charge is -2.39. The Bertz CT molecular complexity index is 175. The fourth-order valence-corrected chi connectivity index (χ4v) is 1.86. The van der Waals surface area contributed by atoms with Crippen LogP contribution in [0.2, 0.25) is 0 Å². The SMILES string of the molecule is O=C1NCC2(CCNCC2)CO1. The van der Waals surface area contributed by atoms with E-state index in [1.54, 1.807) is 0 Å². The number of ether oxygens (including phenoxy) is 1. The highest BCUT2D eigenvalue weighted by atomic mass is 16.6. The lowest BCUT2D eigenvalue weighted by atomic mass is 9.79. The molecule has 2 aliphatic heterocycles. The number of carbonyl (C=O) groups excluding carboxylic acids is 1. The van der Waals surface area contributed by atoms with Crippen molar-refractivity contribution in [2.75, 3.05) is 26.2 Å². The zero-order valence-corrected chi connectivity index (χ0v) is 7.06. The minimum absolute atomic E-state index is 0.221. The third-order valence-corrected chi connectivity index (χ3v) is 2.78. The summed E-state index contributed by atoms with van der Waals surface area (Å²) in [6.45, 7) is 3.46. The molecule has 0 aromatic carbocycles. The Kier molecular flexibility index (Phi) is 1.92. The molecule has 0 radical (unpaired) electrons. The average Bonchev–Trinajstić information content (AvgIpc) is 2.13. The summed E-state index contributed by atoms with van der Waals surface area (Å²) >= 11 is 0. The van der Waals surface area contributed by atoms with Crippen LogP contribution in [0.4, 0.5) is 4.79 Å². The lowest BCUT2D eigenvalue weighted by molar-refractivity contribution is 0.0314. The highest BCUT2D eigenvalue weighted by Gasteiger charge is 2.36. The minimum atomic E-state index is -0.265. The maximum absolute atomic E-state index is 10.7. The minimum Gasteiger partial charge on any atom is -0.449 e. The lowest BCUT2D eigenvalue weighted by Crippen LogP contribution is -2.51. The van der Waals surface area contributed by atoms with Gasteiger partial charge >= 0.3 is 6.09 Å². The van der Waals surface area contributed by atoms with Gasteiger partial charge in [0.15, 0.2) is 0 Å². The zero-order valence-electron chi connectivity index (χ0n) is 7.06. The molecule has 2 aliphatic rings. The summed E-state index contributed by atoms with van der Waals surface area (Å²) in [5.74, 6) is 0. The Morgan fingerprint density at radius 2 is 2.08 bits per heavy atom. The van der Waals surface area contributed by atoms with Gasteiger partial charge in [0.1, 0.15) is 6.61 Å². The van der Waals surface area contributed by atoms with E-state index in [1.807, 2.05) is 0 Å². The second kappa shape index (κ2) is 2.94.